The monoisotopic (exact) mass is 402 g/mol. The van der Waals surface area contributed by atoms with Crippen LogP contribution in [0.5, 0.6) is 0 Å². The number of aromatic nitrogens is 2. The summed E-state index contributed by atoms with van der Waals surface area (Å²) in [5.74, 6) is -0.323. The first-order valence-corrected chi connectivity index (χ1v) is 8.66. The number of benzene rings is 1. The van der Waals surface area contributed by atoms with Crippen LogP contribution in [0.2, 0.25) is 0 Å². The summed E-state index contributed by atoms with van der Waals surface area (Å²) in [6.07, 6.45) is -0.624. The molecule has 1 heterocycles. The predicted octanol–water partition coefficient (Wildman–Crippen LogP) is 3.46. The van der Waals surface area contributed by atoms with Crippen molar-refractivity contribution < 1.29 is 22.4 Å². The van der Waals surface area contributed by atoms with Gasteiger partial charge in [-0.25, -0.2) is 0 Å². The zero-order chi connectivity index (χ0) is 21.0. The van der Waals surface area contributed by atoms with Crippen molar-refractivity contribution in [3.8, 4) is 11.5 Å². The number of nitrogens with two attached hydrogens (primary N) is 1. The number of nitrogens with one attached hydrogen (secondary N) is 1. The van der Waals surface area contributed by atoms with Gasteiger partial charge in [0.25, 0.3) is 0 Å². The highest BCUT2D eigenvalue weighted by molar-refractivity contribution is 5.73. The van der Waals surface area contributed by atoms with E-state index >= 15 is 0 Å². The van der Waals surface area contributed by atoms with E-state index in [0.29, 0.717) is 6.54 Å². The Morgan fingerprint density at radius 3 is 2.59 bits per heavy atom. The van der Waals surface area contributed by atoms with Crippen LogP contribution < -0.4 is 11.1 Å². The number of amides is 1. The lowest BCUT2D eigenvalue weighted by Crippen LogP contribution is -2.26. The van der Waals surface area contributed by atoms with Crippen LogP contribution in [0.1, 0.15) is 30.8 Å². The van der Waals surface area contributed by atoms with E-state index in [1.165, 1.54) is 19.1 Å². The molecule has 0 aliphatic heterocycles. The summed E-state index contributed by atoms with van der Waals surface area (Å²) in [5.41, 5.74) is 12.2. The van der Waals surface area contributed by atoms with Gasteiger partial charge in [0, 0.05) is 36.6 Å². The van der Waals surface area contributed by atoms with Crippen molar-refractivity contribution in [2.75, 3.05) is 6.54 Å². The normalized spacial score (nSPS) is 14.4. The Hall–Kier alpha value is -3.38. The molecule has 0 spiro atoms. The standard InChI is InChI=1S/C20H17F3N4O2/c1-12(28)25-17(9-13-5-7-14(11-24)8-6-13)19-27-26-18(29-19)15-3-2-4-16(10-15)20(21,22)23/h2-5,7,10,17H,9,11,24H2,1H3,(H,25,28). The number of allylic oxidation sites excluding steroid dienone is 1. The summed E-state index contributed by atoms with van der Waals surface area (Å²) in [6.45, 7) is 1.67. The first-order valence-electron chi connectivity index (χ1n) is 8.66. The second-order valence-corrected chi connectivity index (χ2v) is 6.32. The van der Waals surface area contributed by atoms with Crippen LogP contribution in [0.3, 0.4) is 0 Å². The molecule has 1 aromatic heterocycles. The van der Waals surface area contributed by atoms with E-state index in [1.54, 1.807) is 12.2 Å². The van der Waals surface area contributed by atoms with Crippen molar-refractivity contribution in [2.24, 2.45) is 5.73 Å². The van der Waals surface area contributed by atoms with Crippen LogP contribution in [0, 0.1) is 0 Å². The number of hydrogen-bond donors (Lipinski definition) is 2. The van der Waals surface area contributed by atoms with E-state index in [2.05, 4.69) is 27.0 Å². The summed E-state index contributed by atoms with van der Waals surface area (Å²) in [6, 6.07) is 3.91. The number of halogens is 3. The first kappa shape index (κ1) is 20.4. The molecule has 0 saturated heterocycles. The number of hydrogen-bond acceptors (Lipinski definition) is 5. The molecular weight excluding hydrogens is 385 g/mol. The van der Waals surface area contributed by atoms with Crippen LogP contribution in [-0.4, -0.2) is 22.6 Å². The summed E-state index contributed by atoms with van der Waals surface area (Å²) in [7, 11) is 0. The van der Waals surface area contributed by atoms with Crippen LogP contribution in [0.4, 0.5) is 13.2 Å². The Bertz CT molecular complexity index is 1060. The van der Waals surface area contributed by atoms with Crippen molar-refractivity contribution in [1.29, 1.82) is 0 Å². The fourth-order valence-electron chi connectivity index (χ4n) is 2.67. The van der Waals surface area contributed by atoms with Crippen molar-refractivity contribution in [1.82, 2.24) is 15.5 Å². The second-order valence-electron chi connectivity index (χ2n) is 6.32. The van der Waals surface area contributed by atoms with Gasteiger partial charge in [0.2, 0.25) is 17.7 Å². The molecule has 1 aromatic carbocycles. The van der Waals surface area contributed by atoms with Gasteiger partial charge in [-0.15, -0.1) is 10.2 Å². The molecule has 0 saturated carbocycles. The van der Waals surface area contributed by atoms with Gasteiger partial charge in [-0.3, -0.25) is 4.79 Å². The minimum atomic E-state index is -4.49. The van der Waals surface area contributed by atoms with E-state index in [1.807, 2.05) is 0 Å². The number of alkyl halides is 3. The molecule has 2 aromatic rings. The highest BCUT2D eigenvalue weighted by atomic mass is 19.4. The van der Waals surface area contributed by atoms with E-state index in [-0.39, 0.29) is 29.7 Å². The van der Waals surface area contributed by atoms with Gasteiger partial charge in [0.15, 0.2) is 0 Å². The van der Waals surface area contributed by atoms with Crippen molar-refractivity contribution in [3.05, 3.63) is 70.5 Å². The molecule has 6 nitrogen and oxygen atoms in total. The number of rotatable bonds is 6. The molecule has 1 aliphatic carbocycles. The van der Waals surface area contributed by atoms with Crippen molar-refractivity contribution >= 4 is 5.91 Å². The maximum atomic E-state index is 12.9. The summed E-state index contributed by atoms with van der Waals surface area (Å²) < 4.78 is 44.4. The number of carbonyl (C=O) groups excluding carboxylic acids is 1. The third-order valence-electron chi connectivity index (χ3n) is 4.07. The smallest absolute Gasteiger partial charge is 0.416 e. The molecule has 3 N–H and O–H groups in total. The SMILES string of the molecule is CC(=O)NC(CC1=C=C=C(CN)C=C1)c1nnc(-c2cccc(C(F)(F)F)c2)o1. The molecule has 3 rings (SSSR count). The molecule has 0 bridgehead atoms. The molecule has 1 unspecified atom stereocenters. The zero-order valence-corrected chi connectivity index (χ0v) is 15.4. The molecule has 29 heavy (non-hydrogen) atoms. The Morgan fingerprint density at radius 1 is 1.24 bits per heavy atom. The average Bonchev–Trinajstić information content (AvgIpc) is 3.17. The molecular formula is C20H17F3N4O2. The summed E-state index contributed by atoms with van der Waals surface area (Å²) in [5, 5.41) is 10.4. The average molecular weight is 402 g/mol. The van der Waals surface area contributed by atoms with E-state index in [0.717, 1.165) is 23.3 Å². The largest absolute Gasteiger partial charge is 0.418 e. The van der Waals surface area contributed by atoms with Gasteiger partial charge < -0.3 is 15.5 Å². The van der Waals surface area contributed by atoms with Gasteiger partial charge in [0.05, 0.1) is 5.56 Å². The maximum Gasteiger partial charge on any atom is 0.416 e. The van der Waals surface area contributed by atoms with Gasteiger partial charge in [0.1, 0.15) is 6.04 Å². The van der Waals surface area contributed by atoms with Gasteiger partial charge >= 0.3 is 6.18 Å². The predicted molar refractivity (Wildman–Crippen MR) is 98.2 cm³/mol. The lowest BCUT2D eigenvalue weighted by atomic mass is 10.0. The van der Waals surface area contributed by atoms with Gasteiger partial charge in [-0.1, -0.05) is 17.5 Å². The fraction of sp³-hybridized carbons (Fsp3) is 0.250. The quantitative estimate of drug-likeness (QED) is 0.722. The molecule has 0 radical (unpaired) electrons. The minimum Gasteiger partial charge on any atom is -0.418 e. The Morgan fingerprint density at radius 2 is 1.97 bits per heavy atom. The fourth-order valence-corrected chi connectivity index (χ4v) is 2.67. The van der Waals surface area contributed by atoms with Crippen LogP contribution in [-0.2, 0) is 11.0 Å². The van der Waals surface area contributed by atoms with Crippen LogP contribution in [0.25, 0.3) is 11.5 Å². The van der Waals surface area contributed by atoms with E-state index in [4.69, 9.17) is 10.2 Å². The molecule has 150 valence electrons. The Kier molecular flexibility index (Phi) is 5.84. The number of nitrogens with zero attached hydrogens (tertiary/aromatic N) is 2. The maximum absolute atomic E-state index is 12.9. The summed E-state index contributed by atoms with van der Waals surface area (Å²) in [4.78, 5) is 11.6. The van der Waals surface area contributed by atoms with E-state index < -0.39 is 17.8 Å². The van der Waals surface area contributed by atoms with Crippen molar-refractivity contribution in [3.63, 3.8) is 0 Å². The van der Waals surface area contributed by atoms with Crippen molar-refractivity contribution in [2.45, 2.75) is 25.6 Å². The molecule has 1 atom stereocenters. The zero-order valence-electron chi connectivity index (χ0n) is 15.4. The molecule has 9 heteroatoms. The van der Waals surface area contributed by atoms with Crippen LogP contribution in [0.15, 0.2) is 63.4 Å². The Balaban J connectivity index is 1.89. The highest BCUT2D eigenvalue weighted by Crippen LogP contribution is 2.32. The molecule has 0 fully saturated rings. The Labute approximate surface area is 164 Å². The molecule has 1 amide bonds. The lowest BCUT2D eigenvalue weighted by molar-refractivity contribution is -0.137. The van der Waals surface area contributed by atoms with Gasteiger partial charge in [-0.05, 0) is 30.4 Å². The summed E-state index contributed by atoms with van der Waals surface area (Å²) >= 11 is 0. The number of carbonyl (C=O) groups is 1. The minimum absolute atomic E-state index is 0.0731. The van der Waals surface area contributed by atoms with Gasteiger partial charge in [-0.2, -0.15) is 13.2 Å². The first-order chi connectivity index (χ1) is 13.8. The lowest BCUT2D eigenvalue weighted by Gasteiger charge is -2.14. The topological polar surface area (TPSA) is 94.0 Å². The highest BCUT2D eigenvalue weighted by Gasteiger charge is 2.31. The third kappa shape index (κ3) is 5.12. The van der Waals surface area contributed by atoms with E-state index in [9.17, 15) is 18.0 Å². The third-order valence-corrected chi connectivity index (χ3v) is 4.07. The van der Waals surface area contributed by atoms with Crippen LogP contribution >= 0.6 is 0 Å². The molecule has 1 aliphatic rings. The second kappa shape index (κ2) is 8.32.